The summed E-state index contributed by atoms with van der Waals surface area (Å²) in [4.78, 5) is 22.7. The zero-order chi connectivity index (χ0) is 15.4. The summed E-state index contributed by atoms with van der Waals surface area (Å²) < 4.78 is 5.25. The van der Waals surface area contributed by atoms with Crippen molar-refractivity contribution in [2.75, 3.05) is 0 Å². The van der Waals surface area contributed by atoms with Gasteiger partial charge >= 0.3 is 11.9 Å². The van der Waals surface area contributed by atoms with Crippen LogP contribution in [0.1, 0.15) is 46.0 Å². The second-order valence-corrected chi connectivity index (χ2v) is 5.00. The van der Waals surface area contributed by atoms with Crippen LogP contribution in [-0.4, -0.2) is 17.0 Å². The molecular weight excluding hydrogens is 268 g/mol. The lowest BCUT2D eigenvalue weighted by molar-refractivity contribution is 0.0691. The van der Waals surface area contributed by atoms with E-state index in [1.54, 1.807) is 12.1 Å². The molecule has 2 aromatic rings. The van der Waals surface area contributed by atoms with Gasteiger partial charge in [-0.15, -0.1) is 0 Å². The van der Waals surface area contributed by atoms with Crippen molar-refractivity contribution in [2.45, 2.75) is 19.8 Å². The zero-order valence-corrected chi connectivity index (χ0v) is 11.9. The molecule has 0 aromatic heterocycles. The molecule has 2 aromatic carbocycles. The van der Waals surface area contributed by atoms with Crippen LogP contribution in [0.25, 0.3) is 0 Å². The highest BCUT2D eigenvalue weighted by atomic mass is 16.5. The first-order valence-corrected chi connectivity index (χ1v) is 6.63. The number of rotatable bonds is 4. The van der Waals surface area contributed by atoms with E-state index >= 15 is 0 Å². The molecule has 0 heterocycles. The van der Waals surface area contributed by atoms with Crippen molar-refractivity contribution < 1.29 is 19.4 Å². The average molecular weight is 284 g/mol. The summed E-state index contributed by atoms with van der Waals surface area (Å²) in [5.74, 6) is -0.659. The number of hydrogen-bond acceptors (Lipinski definition) is 3. The fourth-order valence-electron chi connectivity index (χ4n) is 1.84. The Balaban J connectivity index is 2.08. The maximum Gasteiger partial charge on any atom is 0.343 e. The molecule has 0 saturated carbocycles. The maximum atomic E-state index is 11.9. The van der Waals surface area contributed by atoms with Gasteiger partial charge in [0.05, 0.1) is 11.1 Å². The van der Waals surface area contributed by atoms with Gasteiger partial charge in [-0.05, 0) is 47.9 Å². The Morgan fingerprint density at radius 2 is 1.43 bits per heavy atom. The molecule has 4 heteroatoms. The highest BCUT2D eigenvalue weighted by Gasteiger charge is 2.10. The summed E-state index contributed by atoms with van der Waals surface area (Å²) in [7, 11) is 0. The molecule has 0 aliphatic rings. The molecule has 0 bridgehead atoms. The monoisotopic (exact) mass is 284 g/mol. The molecule has 2 rings (SSSR count). The maximum absolute atomic E-state index is 11.9. The first-order valence-electron chi connectivity index (χ1n) is 6.63. The van der Waals surface area contributed by atoms with Crippen LogP contribution >= 0.6 is 0 Å². The molecule has 0 amide bonds. The minimum Gasteiger partial charge on any atom is -0.478 e. The molecule has 0 fully saturated rings. The van der Waals surface area contributed by atoms with Crippen LogP contribution in [0.2, 0.25) is 0 Å². The van der Waals surface area contributed by atoms with Gasteiger partial charge in [-0.3, -0.25) is 0 Å². The first kappa shape index (κ1) is 14.8. The molecule has 108 valence electrons. The predicted molar refractivity (Wildman–Crippen MR) is 78.9 cm³/mol. The molecule has 21 heavy (non-hydrogen) atoms. The van der Waals surface area contributed by atoms with Crippen molar-refractivity contribution in [3.05, 3.63) is 65.2 Å². The smallest absolute Gasteiger partial charge is 0.343 e. The van der Waals surface area contributed by atoms with Crippen LogP contribution in [-0.2, 0) is 0 Å². The van der Waals surface area contributed by atoms with Crippen LogP contribution in [0.3, 0.4) is 0 Å². The van der Waals surface area contributed by atoms with E-state index < -0.39 is 11.9 Å². The molecule has 0 unspecified atom stereocenters. The minimum absolute atomic E-state index is 0.132. The number of carboxylic acid groups (broad SMARTS) is 1. The molecule has 1 N–H and O–H groups in total. The Morgan fingerprint density at radius 1 is 0.905 bits per heavy atom. The number of esters is 1. The topological polar surface area (TPSA) is 63.6 Å². The highest BCUT2D eigenvalue weighted by molar-refractivity contribution is 5.93. The van der Waals surface area contributed by atoms with E-state index in [0.717, 1.165) is 0 Å². The van der Waals surface area contributed by atoms with Gasteiger partial charge in [0, 0.05) is 0 Å². The van der Waals surface area contributed by atoms with Crippen LogP contribution in [0.5, 0.6) is 5.75 Å². The Bertz CT molecular complexity index is 639. The van der Waals surface area contributed by atoms with Crippen molar-refractivity contribution in [1.82, 2.24) is 0 Å². The van der Waals surface area contributed by atoms with Gasteiger partial charge in [-0.1, -0.05) is 26.0 Å². The lowest BCUT2D eigenvalue weighted by atomic mass is 10.0. The number of ether oxygens (including phenoxy) is 1. The normalized spacial score (nSPS) is 10.4. The second kappa shape index (κ2) is 6.22. The SMILES string of the molecule is CC(C)c1ccc(OC(=O)c2ccc(C(=O)O)cc2)cc1. The number of carbonyl (C=O) groups excluding carboxylic acids is 1. The minimum atomic E-state index is -1.03. The van der Waals surface area contributed by atoms with E-state index in [2.05, 4.69) is 13.8 Å². The van der Waals surface area contributed by atoms with Crippen LogP contribution in [0, 0.1) is 0 Å². The predicted octanol–water partition coefficient (Wildman–Crippen LogP) is 3.73. The van der Waals surface area contributed by atoms with Crippen molar-refractivity contribution >= 4 is 11.9 Å². The van der Waals surface area contributed by atoms with Crippen molar-refractivity contribution in [3.63, 3.8) is 0 Å². The molecule has 0 saturated heterocycles. The standard InChI is InChI=1S/C17H16O4/c1-11(2)12-7-9-15(10-8-12)21-17(20)14-5-3-13(4-6-14)16(18)19/h3-11H,1-2H3,(H,18,19). The quantitative estimate of drug-likeness (QED) is 0.686. The van der Waals surface area contributed by atoms with E-state index in [-0.39, 0.29) is 5.56 Å². The lowest BCUT2D eigenvalue weighted by Gasteiger charge is -2.08. The molecule has 0 atom stereocenters. The van der Waals surface area contributed by atoms with E-state index in [1.807, 2.05) is 12.1 Å². The molecule has 0 aliphatic heterocycles. The summed E-state index contributed by atoms with van der Waals surface area (Å²) in [6.07, 6.45) is 0. The first-order chi connectivity index (χ1) is 9.97. The zero-order valence-electron chi connectivity index (χ0n) is 11.9. The van der Waals surface area contributed by atoms with Gasteiger partial charge in [-0.2, -0.15) is 0 Å². The van der Waals surface area contributed by atoms with E-state index in [4.69, 9.17) is 9.84 Å². The molecule has 0 spiro atoms. The van der Waals surface area contributed by atoms with Gasteiger partial charge < -0.3 is 9.84 Å². The van der Waals surface area contributed by atoms with Crippen molar-refractivity contribution in [3.8, 4) is 5.75 Å². The van der Waals surface area contributed by atoms with Crippen molar-refractivity contribution in [1.29, 1.82) is 0 Å². The van der Waals surface area contributed by atoms with Gasteiger partial charge in [0.15, 0.2) is 0 Å². The average Bonchev–Trinajstić information content (AvgIpc) is 2.47. The summed E-state index contributed by atoms with van der Waals surface area (Å²) in [5.41, 5.74) is 1.61. The molecular formula is C17H16O4. The van der Waals surface area contributed by atoms with Gasteiger partial charge in [0.25, 0.3) is 0 Å². The van der Waals surface area contributed by atoms with Crippen molar-refractivity contribution in [2.24, 2.45) is 0 Å². The van der Waals surface area contributed by atoms with Gasteiger partial charge in [-0.25, -0.2) is 9.59 Å². The number of benzene rings is 2. The Labute approximate surface area is 123 Å². The second-order valence-electron chi connectivity index (χ2n) is 5.00. The summed E-state index contributed by atoms with van der Waals surface area (Å²) in [6, 6.07) is 13.0. The summed E-state index contributed by atoms with van der Waals surface area (Å²) in [5, 5.41) is 8.80. The Kier molecular flexibility index (Phi) is 4.38. The summed E-state index contributed by atoms with van der Waals surface area (Å²) >= 11 is 0. The third-order valence-corrected chi connectivity index (χ3v) is 3.12. The Morgan fingerprint density at radius 3 is 1.90 bits per heavy atom. The molecule has 0 radical (unpaired) electrons. The fraction of sp³-hybridized carbons (Fsp3) is 0.176. The third-order valence-electron chi connectivity index (χ3n) is 3.12. The van der Waals surface area contributed by atoms with E-state index in [9.17, 15) is 9.59 Å². The number of carbonyl (C=O) groups is 2. The van der Waals surface area contributed by atoms with Crippen LogP contribution in [0.15, 0.2) is 48.5 Å². The third kappa shape index (κ3) is 3.69. The van der Waals surface area contributed by atoms with Crippen LogP contribution < -0.4 is 4.74 Å². The van der Waals surface area contributed by atoms with Crippen LogP contribution in [0.4, 0.5) is 0 Å². The Hall–Kier alpha value is -2.62. The van der Waals surface area contributed by atoms with E-state index in [1.165, 1.54) is 29.8 Å². The number of aromatic carboxylic acids is 1. The number of hydrogen-bond donors (Lipinski definition) is 1. The largest absolute Gasteiger partial charge is 0.478 e. The number of carboxylic acids is 1. The van der Waals surface area contributed by atoms with Gasteiger partial charge in [0.2, 0.25) is 0 Å². The van der Waals surface area contributed by atoms with E-state index in [0.29, 0.717) is 17.2 Å². The lowest BCUT2D eigenvalue weighted by Crippen LogP contribution is -2.09. The van der Waals surface area contributed by atoms with Gasteiger partial charge in [0.1, 0.15) is 5.75 Å². The molecule has 4 nitrogen and oxygen atoms in total. The highest BCUT2D eigenvalue weighted by Crippen LogP contribution is 2.19. The summed E-state index contributed by atoms with van der Waals surface area (Å²) in [6.45, 7) is 4.18. The molecule has 0 aliphatic carbocycles. The fourth-order valence-corrected chi connectivity index (χ4v) is 1.84.